The molecule has 0 aliphatic carbocycles. The zero-order chi connectivity index (χ0) is 15.4. The van der Waals surface area contributed by atoms with Crippen LogP contribution in [0.4, 0.5) is 5.13 Å². The molecule has 0 amide bonds. The minimum Gasteiger partial charge on any atom is -0.497 e. The Balaban J connectivity index is 0.00000192. The normalized spacial score (nSPS) is 10.0. The van der Waals surface area contributed by atoms with Crippen LogP contribution in [0.1, 0.15) is 10.4 Å². The smallest absolute Gasteiger partial charge is 0.183 e. The van der Waals surface area contributed by atoms with Crippen LogP contribution in [0.5, 0.6) is 5.75 Å². The van der Waals surface area contributed by atoms with Gasteiger partial charge in [0.15, 0.2) is 5.13 Å². The topological polar surface area (TPSA) is 34.1 Å². The summed E-state index contributed by atoms with van der Waals surface area (Å²) in [6.45, 7) is 2.89. The van der Waals surface area contributed by atoms with Crippen molar-refractivity contribution < 1.29 is 4.74 Å². The monoisotopic (exact) mass is 390 g/mol. The second-order valence-corrected chi connectivity index (χ2v) is 6.19. The summed E-state index contributed by atoms with van der Waals surface area (Å²) in [4.78, 5) is 5.93. The largest absolute Gasteiger partial charge is 0.497 e. The summed E-state index contributed by atoms with van der Waals surface area (Å²) in [5.41, 5.74) is 3.40. The van der Waals surface area contributed by atoms with E-state index in [-0.39, 0.29) is 17.0 Å². The highest BCUT2D eigenvalue weighted by Gasteiger charge is 2.09. The highest BCUT2D eigenvalue weighted by molar-refractivity contribution is 8.93. The number of nitrogens with one attached hydrogen (secondary N) is 1. The van der Waals surface area contributed by atoms with Crippen LogP contribution < -0.4 is 10.1 Å². The average Bonchev–Trinajstić information content (AvgIpc) is 2.95. The lowest BCUT2D eigenvalue weighted by Crippen LogP contribution is -1.98. The van der Waals surface area contributed by atoms with Crippen molar-refractivity contribution >= 4 is 33.4 Å². The maximum atomic E-state index is 5.20. The van der Waals surface area contributed by atoms with Gasteiger partial charge in [0.25, 0.3) is 0 Å². The molecule has 0 saturated heterocycles. The summed E-state index contributed by atoms with van der Waals surface area (Å²) in [7, 11) is 1.68. The fraction of sp³-hybridized carbons (Fsp3) is 0.167. The number of anilines is 1. The molecule has 0 fully saturated rings. The molecule has 0 atom stereocenters. The van der Waals surface area contributed by atoms with E-state index in [9.17, 15) is 0 Å². The molecule has 1 aromatic heterocycles. The van der Waals surface area contributed by atoms with Gasteiger partial charge in [-0.25, -0.2) is 4.98 Å². The molecule has 1 heterocycles. The lowest BCUT2D eigenvalue weighted by molar-refractivity contribution is 0.415. The van der Waals surface area contributed by atoms with Crippen LogP contribution in [0.25, 0.3) is 11.3 Å². The van der Waals surface area contributed by atoms with Gasteiger partial charge in [-0.1, -0.05) is 30.3 Å². The van der Waals surface area contributed by atoms with Gasteiger partial charge < -0.3 is 10.1 Å². The Morgan fingerprint density at radius 3 is 2.39 bits per heavy atom. The van der Waals surface area contributed by atoms with Gasteiger partial charge in [-0.3, -0.25) is 0 Å². The van der Waals surface area contributed by atoms with Crippen molar-refractivity contribution in [3.63, 3.8) is 0 Å². The molecule has 2 aromatic carbocycles. The molecular weight excluding hydrogens is 372 g/mol. The molecule has 0 radical (unpaired) electrons. The lowest BCUT2D eigenvalue weighted by Gasteiger charge is -2.03. The molecule has 120 valence electrons. The molecule has 5 heteroatoms. The van der Waals surface area contributed by atoms with Crippen LogP contribution in [-0.2, 0) is 6.54 Å². The quantitative estimate of drug-likeness (QED) is 0.640. The Bertz CT molecular complexity index is 741. The van der Waals surface area contributed by atoms with Crippen molar-refractivity contribution in [3.8, 4) is 17.0 Å². The minimum absolute atomic E-state index is 0. The Morgan fingerprint density at radius 2 is 1.74 bits per heavy atom. The van der Waals surface area contributed by atoms with Gasteiger partial charge in [0.05, 0.1) is 12.8 Å². The number of rotatable bonds is 5. The van der Waals surface area contributed by atoms with E-state index in [1.807, 2.05) is 42.5 Å². The van der Waals surface area contributed by atoms with E-state index in [4.69, 9.17) is 9.72 Å². The molecule has 1 N–H and O–H groups in total. The van der Waals surface area contributed by atoms with Gasteiger partial charge in [-0.05, 0) is 36.8 Å². The molecule has 0 aliphatic rings. The van der Waals surface area contributed by atoms with Gasteiger partial charge in [0.2, 0.25) is 0 Å². The van der Waals surface area contributed by atoms with Crippen LogP contribution in [0.15, 0.2) is 54.6 Å². The van der Waals surface area contributed by atoms with Crippen LogP contribution in [0.3, 0.4) is 0 Å². The third-order valence-electron chi connectivity index (χ3n) is 3.45. The van der Waals surface area contributed by atoms with Crippen molar-refractivity contribution in [2.45, 2.75) is 13.5 Å². The Labute approximate surface area is 151 Å². The standard InChI is InChI=1S/C18H18N2OS.BrH/c1-13-17(15-8-10-16(21-2)11-9-15)20-18(22-13)19-12-14-6-4-3-5-7-14;/h3-11H,12H2,1-2H3,(H,19,20);1H. The van der Waals surface area contributed by atoms with E-state index in [2.05, 4.69) is 24.4 Å². The molecule has 0 aliphatic heterocycles. The number of aryl methyl sites for hydroxylation is 1. The maximum Gasteiger partial charge on any atom is 0.183 e. The van der Waals surface area contributed by atoms with E-state index in [1.54, 1.807) is 18.4 Å². The van der Waals surface area contributed by atoms with E-state index < -0.39 is 0 Å². The second kappa shape index (κ2) is 8.13. The predicted octanol–water partition coefficient (Wildman–Crippen LogP) is 5.32. The first kappa shape index (κ1) is 17.5. The van der Waals surface area contributed by atoms with Crippen molar-refractivity contribution in [3.05, 3.63) is 65.0 Å². The van der Waals surface area contributed by atoms with Crippen molar-refractivity contribution in [2.75, 3.05) is 12.4 Å². The summed E-state index contributed by atoms with van der Waals surface area (Å²) in [5, 5.41) is 4.35. The highest BCUT2D eigenvalue weighted by Crippen LogP contribution is 2.31. The van der Waals surface area contributed by atoms with Crippen molar-refractivity contribution in [1.29, 1.82) is 0 Å². The minimum atomic E-state index is 0. The zero-order valence-electron chi connectivity index (χ0n) is 13.1. The Hall–Kier alpha value is -1.85. The number of methoxy groups -OCH3 is 1. The summed E-state index contributed by atoms with van der Waals surface area (Å²) in [6.07, 6.45) is 0. The second-order valence-electron chi connectivity index (χ2n) is 4.99. The first-order chi connectivity index (χ1) is 10.8. The number of aromatic nitrogens is 1. The van der Waals surface area contributed by atoms with Crippen molar-refractivity contribution in [1.82, 2.24) is 4.98 Å². The number of ether oxygens (including phenoxy) is 1. The van der Waals surface area contributed by atoms with Gasteiger partial charge in [-0.15, -0.1) is 28.3 Å². The zero-order valence-corrected chi connectivity index (χ0v) is 15.6. The molecule has 3 rings (SSSR count). The Kier molecular flexibility index (Phi) is 6.19. The summed E-state index contributed by atoms with van der Waals surface area (Å²) in [6, 6.07) is 18.4. The van der Waals surface area contributed by atoms with Gasteiger partial charge in [0.1, 0.15) is 5.75 Å². The predicted molar refractivity (Wildman–Crippen MR) is 103 cm³/mol. The maximum absolute atomic E-state index is 5.20. The molecule has 0 unspecified atom stereocenters. The third-order valence-corrected chi connectivity index (χ3v) is 4.38. The van der Waals surface area contributed by atoms with Crippen LogP contribution in [-0.4, -0.2) is 12.1 Å². The fourth-order valence-electron chi connectivity index (χ4n) is 2.26. The van der Waals surface area contributed by atoms with Gasteiger partial charge in [0, 0.05) is 17.0 Å². The number of thiazole rings is 1. The summed E-state index contributed by atoms with van der Waals surface area (Å²) < 4.78 is 5.20. The van der Waals surface area contributed by atoms with E-state index in [0.29, 0.717) is 0 Å². The number of hydrogen-bond donors (Lipinski definition) is 1. The summed E-state index contributed by atoms with van der Waals surface area (Å²) in [5.74, 6) is 0.860. The molecule has 3 nitrogen and oxygen atoms in total. The van der Waals surface area contributed by atoms with E-state index >= 15 is 0 Å². The van der Waals surface area contributed by atoms with Crippen molar-refractivity contribution in [2.24, 2.45) is 0 Å². The molecule has 0 bridgehead atoms. The molecule has 3 aromatic rings. The summed E-state index contributed by atoms with van der Waals surface area (Å²) >= 11 is 1.68. The van der Waals surface area contributed by atoms with E-state index in [1.165, 1.54) is 10.4 Å². The van der Waals surface area contributed by atoms with E-state index in [0.717, 1.165) is 28.7 Å². The van der Waals surface area contributed by atoms with Gasteiger partial charge in [-0.2, -0.15) is 0 Å². The molecule has 0 saturated carbocycles. The number of nitrogens with zero attached hydrogens (tertiary/aromatic N) is 1. The molecule has 23 heavy (non-hydrogen) atoms. The number of benzene rings is 2. The first-order valence-corrected chi connectivity index (χ1v) is 7.97. The van der Waals surface area contributed by atoms with Crippen LogP contribution in [0, 0.1) is 6.92 Å². The SMILES string of the molecule is Br.COc1ccc(-c2nc(NCc3ccccc3)sc2C)cc1. The average molecular weight is 391 g/mol. The number of halogens is 1. The highest BCUT2D eigenvalue weighted by atomic mass is 79.9. The first-order valence-electron chi connectivity index (χ1n) is 7.16. The van der Waals surface area contributed by atoms with Crippen LogP contribution >= 0.6 is 28.3 Å². The van der Waals surface area contributed by atoms with Gasteiger partial charge >= 0.3 is 0 Å². The molecular formula is C18H19BrN2OS. The third kappa shape index (κ3) is 4.33. The fourth-order valence-corrected chi connectivity index (χ4v) is 3.09. The lowest BCUT2D eigenvalue weighted by atomic mass is 10.1. The number of hydrogen-bond acceptors (Lipinski definition) is 4. The Morgan fingerprint density at radius 1 is 1.04 bits per heavy atom. The van der Waals surface area contributed by atoms with Crippen LogP contribution in [0.2, 0.25) is 0 Å². The molecule has 0 spiro atoms.